The Kier molecular flexibility index (Phi) is 4.90. The van der Waals surface area contributed by atoms with E-state index in [0.717, 1.165) is 6.42 Å². The lowest BCUT2D eigenvalue weighted by Crippen LogP contribution is -2.48. The van der Waals surface area contributed by atoms with Crippen molar-refractivity contribution in [3.8, 4) is 0 Å². The summed E-state index contributed by atoms with van der Waals surface area (Å²) in [4.78, 5) is 0. The quantitative estimate of drug-likeness (QED) is 0.682. The maximum atomic E-state index is 9.15. The number of aliphatic hydroxyl groups excluding tert-OH is 1. The summed E-state index contributed by atoms with van der Waals surface area (Å²) in [6.45, 7) is 4.72. The molecule has 0 radical (unpaired) electrons. The summed E-state index contributed by atoms with van der Waals surface area (Å²) in [5.74, 6) is 0. The molecule has 1 fully saturated rings. The van der Waals surface area contributed by atoms with Crippen LogP contribution in [0, 0.1) is 0 Å². The van der Waals surface area contributed by atoms with Crippen LogP contribution in [0.1, 0.15) is 58.8 Å². The second-order valence-electron chi connectivity index (χ2n) is 4.97. The molecule has 2 N–H and O–H groups in total. The molecule has 0 unspecified atom stereocenters. The van der Waals surface area contributed by atoms with Crippen LogP contribution in [0.25, 0.3) is 0 Å². The Morgan fingerprint density at radius 1 is 1.14 bits per heavy atom. The van der Waals surface area contributed by atoms with Crippen molar-refractivity contribution in [1.82, 2.24) is 5.32 Å². The van der Waals surface area contributed by atoms with Gasteiger partial charge in [0.25, 0.3) is 0 Å². The third kappa shape index (κ3) is 3.58. The molecule has 0 spiro atoms. The van der Waals surface area contributed by atoms with Crippen molar-refractivity contribution in [2.75, 3.05) is 6.61 Å². The van der Waals surface area contributed by atoms with Crippen LogP contribution in [0.5, 0.6) is 0 Å². The minimum absolute atomic E-state index is 0.236. The lowest BCUT2D eigenvalue weighted by atomic mass is 9.86. The summed E-state index contributed by atoms with van der Waals surface area (Å²) in [6, 6.07) is 0.527. The zero-order chi connectivity index (χ0) is 10.4. The first-order valence-corrected chi connectivity index (χ1v) is 6.07. The van der Waals surface area contributed by atoms with E-state index >= 15 is 0 Å². The number of nitrogens with one attached hydrogen (secondary N) is 1. The number of rotatable bonds is 4. The van der Waals surface area contributed by atoms with Crippen molar-refractivity contribution in [3.05, 3.63) is 0 Å². The summed E-state index contributed by atoms with van der Waals surface area (Å²) >= 11 is 0. The second kappa shape index (κ2) is 5.72. The summed E-state index contributed by atoms with van der Waals surface area (Å²) < 4.78 is 0. The molecule has 0 saturated heterocycles. The van der Waals surface area contributed by atoms with Gasteiger partial charge in [0.2, 0.25) is 0 Å². The Hall–Kier alpha value is -0.0800. The molecule has 2 nitrogen and oxygen atoms in total. The molecule has 1 aliphatic carbocycles. The number of hydrogen-bond donors (Lipinski definition) is 2. The standard InChI is InChI=1S/C12H25NO/c1-11(2)13-12(9-10-14)7-5-3-4-6-8-12/h11,13-14H,3-10H2,1-2H3. The fourth-order valence-corrected chi connectivity index (χ4v) is 2.70. The minimum Gasteiger partial charge on any atom is -0.396 e. The Morgan fingerprint density at radius 3 is 2.14 bits per heavy atom. The molecule has 0 aromatic carbocycles. The van der Waals surface area contributed by atoms with E-state index in [1.807, 2.05) is 0 Å². The van der Waals surface area contributed by atoms with Gasteiger partial charge in [-0.3, -0.25) is 0 Å². The van der Waals surface area contributed by atoms with Gasteiger partial charge < -0.3 is 10.4 Å². The molecule has 0 aliphatic heterocycles. The third-order valence-corrected chi connectivity index (χ3v) is 3.25. The van der Waals surface area contributed by atoms with Crippen LogP contribution >= 0.6 is 0 Å². The molecule has 14 heavy (non-hydrogen) atoms. The van der Waals surface area contributed by atoms with Crippen molar-refractivity contribution in [2.24, 2.45) is 0 Å². The zero-order valence-electron chi connectivity index (χ0n) is 9.68. The van der Waals surface area contributed by atoms with Gasteiger partial charge in [0.1, 0.15) is 0 Å². The topological polar surface area (TPSA) is 32.3 Å². The van der Waals surface area contributed by atoms with Crippen LogP contribution < -0.4 is 5.32 Å². The van der Waals surface area contributed by atoms with Gasteiger partial charge >= 0.3 is 0 Å². The van der Waals surface area contributed by atoms with E-state index in [9.17, 15) is 0 Å². The van der Waals surface area contributed by atoms with E-state index in [0.29, 0.717) is 12.6 Å². The van der Waals surface area contributed by atoms with Crippen molar-refractivity contribution in [2.45, 2.75) is 70.4 Å². The van der Waals surface area contributed by atoms with Crippen LogP contribution in [-0.2, 0) is 0 Å². The van der Waals surface area contributed by atoms with Crippen LogP contribution in [-0.4, -0.2) is 23.3 Å². The molecule has 0 amide bonds. The lowest BCUT2D eigenvalue weighted by Gasteiger charge is -2.35. The summed E-state index contributed by atoms with van der Waals surface area (Å²) in [6.07, 6.45) is 8.78. The van der Waals surface area contributed by atoms with E-state index in [4.69, 9.17) is 5.11 Å². The van der Waals surface area contributed by atoms with Crippen LogP contribution in [0.15, 0.2) is 0 Å². The molecule has 0 bridgehead atoms. The lowest BCUT2D eigenvalue weighted by molar-refractivity contribution is 0.181. The Balaban J connectivity index is 2.57. The fraction of sp³-hybridized carbons (Fsp3) is 1.00. The van der Waals surface area contributed by atoms with E-state index in [1.54, 1.807) is 0 Å². The average Bonchev–Trinajstić information content (AvgIpc) is 2.30. The Bertz CT molecular complexity index is 148. The molecule has 0 aromatic rings. The predicted octanol–water partition coefficient (Wildman–Crippen LogP) is 2.46. The van der Waals surface area contributed by atoms with Gasteiger partial charge in [-0.25, -0.2) is 0 Å². The summed E-state index contributed by atoms with van der Waals surface area (Å²) in [5, 5.41) is 12.8. The van der Waals surface area contributed by atoms with E-state index in [2.05, 4.69) is 19.2 Å². The highest BCUT2D eigenvalue weighted by molar-refractivity contribution is 4.90. The molecule has 1 rings (SSSR count). The van der Waals surface area contributed by atoms with Crippen molar-refractivity contribution >= 4 is 0 Å². The number of aliphatic hydroxyl groups is 1. The average molecular weight is 199 g/mol. The van der Waals surface area contributed by atoms with Crippen molar-refractivity contribution in [1.29, 1.82) is 0 Å². The van der Waals surface area contributed by atoms with Gasteiger partial charge in [0.15, 0.2) is 0 Å². The fourth-order valence-electron chi connectivity index (χ4n) is 2.70. The summed E-state index contributed by atoms with van der Waals surface area (Å²) in [5.41, 5.74) is 0.236. The van der Waals surface area contributed by atoms with Gasteiger partial charge in [-0.1, -0.05) is 39.5 Å². The monoisotopic (exact) mass is 199 g/mol. The van der Waals surface area contributed by atoms with E-state index in [1.165, 1.54) is 38.5 Å². The highest BCUT2D eigenvalue weighted by Crippen LogP contribution is 2.30. The SMILES string of the molecule is CC(C)NC1(CCO)CCCCCC1. The highest BCUT2D eigenvalue weighted by atomic mass is 16.3. The maximum absolute atomic E-state index is 9.15. The first-order chi connectivity index (χ1) is 6.68. The van der Waals surface area contributed by atoms with Gasteiger partial charge in [-0.2, -0.15) is 0 Å². The van der Waals surface area contributed by atoms with Crippen molar-refractivity contribution in [3.63, 3.8) is 0 Å². The second-order valence-corrected chi connectivity index (χ2v) is 4.97. The summed E-state index contributed by atoms with van der Waals surface area (Å²) in [7, 11) is 0. The van der Waals surface area contributed by atoms with Crippen LogP contribution in [0.4, 0.5) is 0 Å². The number of hydrogen-bond acceptors (Lipinski definition) is 2. The Labute approximate surface area is 88.1 Å². The molecule has 84 valence electrons. The normalized spacial score (nSPS) is 22.3. The van der Waals surface area contributed by atoms with Crippen LogP contribution in [0.3, 0.4) is 0 Å². The van der Waals surface area contributed by atoms with Crippen LogP contribution in [0.2, 0.25) is 0 Å². The molecule has 0 aromatic heterocycles. The van der Waals surface area contributed by atoms with Gasteiger partial charge in [0, 0.05) is 18.2 Å². The minimum atomic E-state index is 0.236. The van der Waals surface area contributed by atoms with Crippen molar-refractivity contribution < 1.29 is 5.11 Å². The maximum Gasteiger partial charge on any atom is 0.0448 e. The first kappa shape index (κ1) is 12.0. The molecular formula is C12H25NO. The molecular weight excluding hydrogens is 174 g/mol. The molecule has 1 saturated carbocycles. The molecule has 0 heterocycles. The molecule has 2 heteroatoms. The highest BCUT2D eigenvalue weighted by Gasteiger charge is 2.30. The third-order valence-electron chi connectivity index (χ3n) is 3.25. The van der Waals surface area contributed by atoms with Gasteiger partial charge in [-0.15, -0.1) is 0 Å². The predicted molar refractivity (Wildman–Crippen MR) is 60.4 cm³/mol. The molecule has 0 atom stereocenters. The smallest absolute Gasteiger partial charge is 0.0448 e. The van der Waals surface area contributed by atoms with E-state index < -0.39 is 0 Å². The first-order valence-electron chi connectivity index (χ1n) is 6.07. The van der Waals surface area contributed by atoms with E-state index in [-0.39, 0.29) is 5.54 Å². The molecule has 1 aliphatic rings. The van der Waals surface area contributed by atoms with Gasteiger partial charge in [0.05, 0.1) is 0 Å². The largest absolute Gasteiger partial charge is 0.396 e. The van der Waals surface area contributed by atoms with Gasteiger partial charge in [-0.05, 0) is 19.3 Å². The Morgan fingerprint density at radius 2 is 1.71 bits per heavy atom. The zero-order valence-corrected chi connectivity index (χ0v) is 9.68.